The van der Waals surface area contributed by atoms with Gasteiger partial charge in [0.2, 0.25) is 0 Å². The number of rotatable bonds is 6. The van der Waals surface area contributed by atoms with Crippen molar-refractivity contribution in [2.24, 2.45) is 0 Å². The number of nitrogens with zero attached hydrogens (tertiary/aromatic N) is 5. The maximum atomic E-state index is 16.5. The standard InChI is InChI=1S/C29H32ClFN6O2/c30-22-11-19(38)10-20(23(22)16-3-4-16)25-24(31)26-21(13-33-25)27(37-14-17-9-18(37)12-32-17)35-28(34-26)39-15-29-5-1-7-36(29)8-2-6-29/h10-11,13,16-18,32,38H,1-9,12,14-15H2/t17-,18-/m1/s1. The van der Waals surface area contributed by atoms with Crippen LogP contribution in [0.15, 0.2) is 18.3 Å². The quantitative estimate of drug-likeness (QED) is 0.460. The molecule has 1 saturated carbocycles. The van der Waals surface area contributed by atoms with Crippen molar-refractivity contribution in [1.82, 2.24) is 25.2 Å². The van der Waals surface area contributed by atoms with Gasteiger partial charge in [-0.1, -0.05) is 11.6 Å². The van der Waals surface area contributed by atoms with E-state index in [-0.39, 0.29) is 34.4 Å². The Morgan fingerprint density at radius 2 is 2.00 bits per heavy atom. The van der Waals surface area contributed by atoms with Crippen LogP contribution in [0.2, 0.25) is 5.02 Å². The predicted octanol–water partition coefficient (Wildman–Crippen LogP) is 4.63. The van der Waals surface area contributed by atoms with Crippen LogP contribution in [-0.2, 0) is 0 Å². The number of nitrogens with one attached hydrogen (secondary N) is 1. The molecule has 2 N–H and O–H groups in total. The number of piperazine rings is 1. The van der Waals surface area contributed by atoms with Crippen LogP contribution in [0.25, 0.3) is 22.2 Å². The second kappa shape index (κ2) is 8.88. The van der Waals surface area contributed by atoms with Gasteiger partial charge in [-0.05, 0) is 81.6 Å². The molecule has 4 saturated heterocycles. The summed E-state index contributed by atoms with van der Waals surface area (Å²) in [6, 6.07) is 4.01. The van der Waals surface area contributed by atoms with E-state index < -0.39 is 5.82 Å². The predicted molar refractivity (Wildman–Crippen MR) is 147 cm³/mol. The van der Waals surface area contributed by atoms with E-state index in [1.807, 2.05) is 0 Å². The lowest BCUT2D eigenvalue weighted by atomic mass is 9.95. The highest BCUT2D eigenvalue weighted by Gasteiger charge is 2.45. The molecule has 1 aliphatic carbocycles. The highest BCUT2D eigenvalue weighted by molar-refractivity contribution is 6.32. The van der Waals surface area contributed by atoms with Crippen molar-refractivity contribution in [3.8, 4) is 23.0 Å². The summed E-state index contributed by atoms with van der Waals surface area (Å²) in [5, 5.41) is 14.9. The molecule has 8 nitrogen and oxygen atoms in total. The third-order valence-corrected chi connectivity index (χ3v) is 9.92. The van der Waals surface area contributed by atoms with Gasteiger partial charge in [0.1, 0.15) is 29.4 Å². The van der Waals surface area contributed by atoms with E-state index in [2.05, 4.69) is 25.1 Å². The molecule has 8 rings (SSSR count). The number of fused-ring (bicyclic) bond motifs is 4. The van der Waals surface area contributed by atoms with Gasteiger partial charge in [0.25, 0.3) is 0 Å². The van der Waals surface area contributed by atoms with Crippen LogP contribution in [0.4, 0.5) is 10.2 Å². The van der Waals surface area contributed by atoms with E-state index in [1.165, 1.54) is 18.9 Å². The van der Waals surface area contributed by atoms with Crippen molar-refractivity contribution in [2.45, 2.75) is 68.5 Å². The Hall–Kier alpha value is -2.75. The summed E-state index contributed by atoms with van der Waals surface area (Å²) in [5.74, 6) is 0.391. The molecule has 6 heterocycles. The van der Waals surface area contributed by atoms with Crippen LogP contribution in [-0.4, -0.2) is 75.4 Å². The van der Waals surface area contributed by atoms with Crippen LogP contribution in [0.1, 0.15) is 56.4 Å². The van der Waals surface area contributed by atoms with Crippen LogP contribution in [0.3, 0.4) is 0 Å². The SMILES string of the molecule is Oc1cc(Cl)c(C2CC2)c(-c2ncc3c(N4C[C@H]5C[C@@H]4CN5)nc(OCC45CCCN4CCC5)nc3c2F)c1. The summed E-state index contributed by atoms with van der Waals surface area (Å²) in [5.41, 5.74) is 1.76. The molecule has 1 aromatic carbocycles. The van der Waals surface area contributed by atoms with E-state index in [0.717, 1.165) is 63.8 Å². The Bertz CT molecular complexity index is 1470. The zero-order valence-electron chi connectivity index (χ0n) is 21.8. The third-order valence-electron chi connectivity index (χ3n) is 9.61. The van der Waals surface area contributed by atoms with Gasteiger partial charge < -0.3 is 20.1 Å². The number of anilines is 1. The molecular weight excluding hydrogens is 519 g/mol. The largest absolute Gasteiger partial charge is 0.508 e. The lowest BCUT2D eigenvalue weighted by Gasteiger charge is -2.32. The highest BCUT2D eigenvalue weighted by atomic mass is 35.5. The van der Waals surface area contributed by atoms with E-state index >= 15 is 4.39 Å². The van der Waals surface area contributed by atoms with E-state index in [1.54, 1.807) is 12.3 Å². The van der Waals surface area contributed by atoms with Crippen molar-refractivity contribution >= 4 is 28.3 Å². The molecular formula is C29H32ClFN6O2. The number of benzene rings is 1. The number of hydrogen-bond donors (Lipinski definition) is 2. The summed E-state index contributed by atoms with van der Waals surface area (Å²) in [4.78, 5) is 18.9. The number of phenols is 1. The molecule has 4 aliphatic heterocycles. The first-order chi connectivity index (χ1) is 19.0. The zero-order chi connectivity index (χ0) is 26.3. The van der Waals surface area contributed by atoms with E-state index in [0.29, 0.717) is 40.5 Å². The fraction of sp³-hybridized carbons (Fsp3) is 0.552. The number of ether oxygens (including phenoxy) is 1. The first kappa shape index (κ1) is 24.1. The van der Waals surface area contributed by atoms with Gasteiger partial charge in [0.05, 0.1) is 10.9 Å². The summed E-state index contributed by atoms with van der Waals surface area (Å²) < 4.78 is 22.8. The van der Waals surface area contributed by atoms with Crippen molar-refractivity contribution in [3.63, 3.8) is 0 Å². The topological polar surface area (TPSA) is 86.6 Å². The number of pyridine rings is 1. The average molecular weight is 551 g/mol. The monoisotopic (exact) mass is 550 g/mol. The molecule has 0 spiro atoms. The van der Waals surface area contributed by atoms with Crippen molar-refractivity contribution in [2.75, 3.05) is 37.7 Å². The van der Waals surface area contributed by atoms with Crippen LogP contribution >= 0.6 is 11.6 Å². The minimum atomic E-state index is -0.534. The summed E-state index contributed by atoms with van der Waals surface area (Å²) >= 11 is 6.54. The van der Waals surface area contributed by atoms with Crippen LogP contribution in [0, 0.1) is 5.82 Å². The number of aromatic nitrogens is 3. The average Bonchev–Trinajstić information content (AvgIpc) is 3.23. The molecule has 2 bridgehead atoms. The maximum absolute atomic E-state index is 16.5. The third kappa shape index (κ3) is 3.88. The first-order valence-corrected chi connectivity index (χ1v) is 14.6. The molecule has 39 heavy (non-hydrogen) atoms. The van der Waals surface area contributed by atoms with Crippen molar-refractivity contribution < 1.29 is 14.2 Å². The minimum absolute atomic E-state index is 0.00868. The van der Waals surface area contributed by atoms with Gasteiger partial charge in [-0.15, -0.1) is 0 Å². The van der Waals surface area contributed by atoms with Gasteiger partial charge in [-0.25, -0.2) is 4.39 Å². The number of aromatic hydroxyl groups is 1. The lowest BCUT2D eigenvalue weighted by Crippen LogP contribution is -2.44. The van der Waals surface area contributed by atoms with E-state index in [4.69, 9.17) is 21.3 Å². The first-order valence-electron chi connectivity index (χ1n) is 14.3. The molecule has 3 aromatic rings. The molecule has 0 amide bonds. The molecule has 204 valence electrons. The molecule has 0 radical (unpaired) electrons. The van der Waals surface area contributed by atoms with Gasteiger partial charge in [0, 0.05) is 42.0 Å². The maximum Gasteiger partial charge on any atom is 0.319 e. The molecule has 2 atom stereocenters. The Labute approximate surface area is 231 Å². The second-order valence-electron chi connectivity index (χ2n) is 12.0. The Balaban J connectivity index is 1.25. The summed E-state index contributed by atoms with van der Waals surface area (Å²) in [6.07, 6.45) is 9.27. The minimum Gasteiger partial charge on any atom is -0.508 e. The molecule has 5 aliphatic rings. The Morgan fingerprint density at radius 1 is 1.18 bits per heavy atom. The van der Waals surface area contributed by atoms with Crippen LogP contribution < -0.4 is 15.0 Å². The van der Waals surface area contributed by atoms with Gasteiger partial charge in [-0.3, -0.25) is 9.88 Å². The molecule has 2 aromatic heterocycles. The number of phenolic OH excluding ortho intramolecular Hbond substituents is 1. The van der Waals surface area contributed by atoms with Crippen molar-refractivity contribution in [1.29, 1.82) is 0 Å². The Morgan fingerprint density at radius 3 is 2.72 bits per heavy atom. The molecule has 5 fully saturated rings. The Kier molecular flexibility index (Phi) is 5.48. The number of halogens is 2. The number of hydrogen-bond acceptors (Lipinski definition) is 8. The fourth-order valence-electron chi connectivity index (χ4n) is 7.56. The van der Waals surface area contributed by atoms with Gasteiger partial charge in [0.15, 0.2) is 5.82 Å². The molecule has 0 unspecified atom stereocenters. The lowest BCUT2D eigenvalue weighted by molar-refractivity contribution is 0.108. The van der Waals surface area contributed by atoms with Crippen LogP contribution in [0.5, 0.6) is 11.8 Å². The zero-order valence-corrected chi connectivity index (χ0v) is 22.6. The normalized spacial score (nSPS) is 25.6. The smallest absolute Gasteiger partial charge is 0.319 e. The molecule has 10 heteroatoms. The fourth-order valence-corrected chi connectivity index (χ4v) is 7.93. The second-order valence-corrected chi connectivity index (χ2v) is 12.4. The summed E-state index contributed by atoms with van der Waals surface area (Å²) in [7, 11) is 0. The summed E-state index contributed by atoms with van der Waals surface area (Å²) in [6.45, 7) is 4.42. The highest BCUT2D eigenvalue weighted by Crippen LogP contribution is 2.49. The van der Waals surface area contributed by atoms with Gasteiger partial charge >= 0.3 is 6.01 Å². The van der Waals surface area contributed by atoms with E-state index in [9.17, 15) is 5.11 Å². The van der Waals surface area contributed by atoms with Crippen molar-refractivity contribution in [3.05, 3.63) is 34.7 Å². The van der Waals surface area contributed by atoms with Gasteiger partial charge in [-0.2, -0.15) is 9.97 Å².